The second-order valence-corrected chi connectivity index (χ2v) is 6.03. The fourth-order valence-electron chi connectivity index (χ4n) is 1.69. The van der Waals surface area contributed by atoms with Gasteiger partial charge in [0, 0.05) is 12.3 Å². The third-order valence-electron chi connectivity index (χ3n) is 2.71. The van der Waals surface area contributed by atoms with Crippen LogP contribution in [0, 0.1) is 0 Å². The maximum Gasteiger partial charge on any atom is 0.274 e. The molecule has 6 nitrogen and oxygen atoms in total. The van der Waals surface area contributed by atoms with Crippen LogP contribution in [0.4, 0.5) is 5.69 Å². The van der Waals surface area contributed by atoms with Crippen molar-refractivity contribution < 1.29 is 9.90 Å². The second kappa shape index (κ2) is 6.29. The summed E-state index contributed by atoms with van der Waals surface area (Å²) in [7, 11) is 0. The van der Waals surface area contributed by atoms with Crippen molar-refractivity contribution in [3.05, 3.63) is 11.4 Å². The molecular weight excluding hydrogens is 264 g/mol. The molecule has 0 radical (unpaired) electrons. The van der Waals surface area contributed by atoms with E-state index in [1.165, 1.54) is 11.8 Å². The molecule has 1 rings (SSSR count). The summed E-state index contributed by atoms with van der Waals surface area (Å²) in [5.74, 6) is 0.344. The zero-order chi connectivity index (χ0) is 14.6. The van der Waals surface area contributed by atoms with Gasteiger partial charge < -0.3 is 16.2 Å². The summed E-state index contributed by atoms with van der Waals surface area (Å²) < 4.78 is 0. The number of anilines is 1. The van der Waals surface area contributed by atoms with Crippen LogP contribution >= 0.6 is 11.8 Å². The highest BCUT2D eigenvalue weighted by atomic mass is 32.2. The van der Waals surface area contributed by atoms with Crippen LogP contribution in [0.5, 0.6) is 0 Å². The number of nitrogens with two attached hydrogens (primary N) is 1. The van der Waals surface area contributed by atoms with E-state index in [9.17, 15) is 9.90 Å². The Labute approximate surface area is 117 Å². The average molecular weight is 286 g/mol. The van der Waals surface area contributed by atoms with E-state index in [1.807, 2.05) is 20.1 Å². The molecule has 19 heavy (non-hydrogen) atoms. The number of nitrogens with zero attached hydrogens (tertiary/aromatic N) is 1. The topological polar surface area (TPSA) is 104 Å². The van der Waals surface area contributed by atoms with Crippen LogP contribution in [0.15, 0.2) is 0 Å². The standard InChI is InChI=1S/C12H22N4O2S/c1-7(2)9-8(13)10(16-15-9)11(17)14-5-12(3,18)6-19-4/h7,18H,5-6,13H2,1-4H3,(H,14,17)(H,15,16). The number of carbonyl (C=O) groups is 1. The van der Waals surface area contributed by atoms with Crippen LogP contribution in [-0.4, -0.2) is 45.4 Å². The fraction of sp³-hybridized carbons (Fsp3) is 0.667. The molecule has 0 saturated heterocycles. The van der Waals surface area contributed by atoms with Crippen LogP contribution < -0.4 is 11.1 Å². The minimum atomic E-state index is -0.943. The van der Waals surface area contributed by atoms with Gasteiger partial charge in [0.05, 0.1) is 17.0 Å². The molecule has 0 aliphatic heterocycles. The summed E-state index contributed by atoms with van der Waals surface area (Å²) in [6.07, 6.45) is 1.90. The fourth-order valence-corrected chi connectivity index (χ4v) is 2.42. The number of amides is 1. The number of aromatic amines is 1. The van der Waals surface area contributed by atoms with Gasteiger partial charge in [0.25, 0.3) is 5.91 Å². The number of aromatic nitrogens is 2. The van der Waals surface area contributed by atoms with Gasteiger partial charge in [0.1, 0.15) is 0 Å². The molecule has 0 bridgehead atoms. The van der Waals surface area contributed by atoms with E-state index in [1.54, 1.807) is 6.92 Å². The van der Waals surface area contributed by atoms with E-state index in [-0.39, 0.29) is 24.1 Å². The average Bonchev–Trinajstić information content (AvgIpc) is 2.68. The maximum absolute atomic E-state index is 12.0. The van der Waals surface area contributed by atoms with E-state index >= 15 is 0 Å². The Morgan fingerprint density at radius 1 is 1.63 bits per heavy atom. The lowest BCUT2D eigenvalue weighted by Gasteiger charge is -2.22. The van der Waals surface area contributed by atoms with Crippen molar-refractivity contribution in [3.63, 3.8) is 0 Å². The number of nitrogens with one attached hydrogen (secondary N) is 2. The molecule has 1 amide bonds. The zero-order valence-corrected chi connectivity index (χ0v) is 12.6. The number of thioether (sulfide) groups is 1. The summed E-state index contributed by atoms with van der Waals surface area (Å²) in [5, 5.41) is 19.3. The summed E-state index contributed by atoms with van der Waals surface area (Å²) in [5.41, 5.74) is 6.25. The highest BCUT2D eigenvalue weighted by Crippen LogP contribution is 2.22. The quantitative estimate of drug-likeness (QED) is 0.623. The molecule has 108 valence electrons. The molecule has 0 aliphatic carbocycles. The smallest absolute Gasteiger partial charge is 0.274 e. The van der Waals surface area contributed by atoms with Crippen LogP contribution in [0.1, 0.15) is 42.9 Å². The van der Waals surface area contributed by atoms with Gasteiger partial charge in [-0.1, -0.05) is 13.8 Å². The van der Waals surface area contributed by atoms with E-state index in [2.05, 4.69) is 15.5 Å². The van der Waals surface area contributed by atoms with E-state index < -0.39 is 5.60 Å². The molecule has 0 aliphatic rings. The largest absolute Gasteiger partial charge is 0.395 e. The first-order valence-corrected chi connectivity index (χ1v) is 7.51. The highest BCUT2D eigenvalue weighted by Gasteiger charge is 2.23. The Hall–Kier alpha value is -1.21. The molecule has 1 atom stereocenters. The summed E-state index contributed by atoms with van der Waals surface area (Å²) >= 11 is 1.52. The molecule has 0 spiro atoms. The zero-order valence-electron chi connectivity index (χ0n) is 11.8. The third-order valence-corrected chi connectivity index (χ3v) is 3.62. The summed E-state index contributed by atoms with van der Waals surface area (Å²) in [4.78, 5) is 12.0. The van der Waals surface area contributed by atoms with E-state index in [0.717, 1.165) is 5.69 Å². The Kier molecular flexibility index (Phi) is 5.25. The van der Waals surface area contributed by atoms with Crippen molar-refractivity contribution in [3.8, 4) is 0 Å². The molecule has 7 heteroatoms. The molecule has 0 saturated carbocycles. The first-order valence-electron chi connectivity index (χ1n) is 6.11. The predicted octanol–water partition coefficient (Wildman–Crippen LogP) is 0.959. The third kappa shape index (κ3) is 4.14. The first kappa shape index (κ1) is 15.8. The highest BCUT2D eigenvalue weighted by molar-refractivity contribution is 7.98. The first-order chi connectivity index (χ1) is 8.78. The molecule has 0 fully saturated rings. The van der Waals surface area contributed by atoms with Gasteiger partial charge in [-0.15, -0.1) is 0 Å². The van der Waals surface area contributed by atoms with E-state index in [4.69, 9.17) is 5.73 Å². The number of hydrogen-bond donors (Lipinski definition) is 4. The van der Waals surface area contributed by atoms with E-state index in [0.29, 0.717) is 11.4 Å². The lowest BCUT2D eigenvalue weighted by molar-refractivity contribution is 0.0722. The molecule has 1 unspecified atom stereocenters. The van der Waals surface area contributed by atoms with Crippen LogP contribution in [0.2, 0.25) is 0 Å². The van der Waals surface area contributed by atoms with Crippen LogP contribution in [-0.2, 0) is 0 Å². The number of rotatable bonds is 6. The predicted molar refractivity (Wildman–Crippen MR) is 78.4 cm³/mol. The number of H-pyrrole nitrogens is 1. The van der Waals surface area contributed by atoms with Crippen LogP contribution in [0.25, 0.3) is 0 Å². The Morgan fingerprint density at radius 3 is 2.74 bits per heavy atom. The Balaban J connectivity index is 2.69. The lowest BCUT2D eigenvalue weighted by Crippen LogP contribution is -2.42. The molecule has 5 N–H and O–H groups in total. The van der Waals surface area contributed by atoms with Gasteiger partial charge in [-0.2, -0.15) is 16.9 Å². The van der Waals surface area contributed by atoms with Crippen molar-refractivity contribution in [1.29, 1.82) is 0 Å². The summed E-state index contributed by atoms with van der Waals surface area (Å²) in [6.45, 7) is 5.77. The molecule has 1 heterocycles. The number of hydrogen-bond acceptors (Lipinski definition) is 5. The number of carbonyl (C=O) groups excluding carboxylic acids is 1. The second-order valence-electron chi connectivity index (χ2n) is 5.17. The molecule has 1 aromatic heterocycles. The van der Waals surface area contributed by atoms with Crippen molar-refractivity contribution in [2.45, 2.75) is 32.3 Å². The minimum absolute atomic E-state index is 0.163. The van der Waals surface area contributed by atoms with Crippen molar-refractivity contribution in [2.24, 2.45) is 0 Å². The van der Waals surface area contributed by atoms with Crippen LogP contribution in [0.3, 0.4) is 0 Å². The molecule has 0 aromatic carbocycles. The van der Waals surface area contributed by atoms with Crippen molar-refractivity contribution >= 4 is 23.4 Å². The van der Waals surface area contributed by atoms with Crippen molar-refractivity contribution in [1.82, 2.24) is 15.5 Å². The lowest BCUT2D eigenvalue weighted by atomic mass is 10.1. The van der Waals surface area contributed by atoms with Gasteiger partial charge in [0.15, 0.2) is 5.69 Å². The van der Waals surface area contributed by atoms with Gasteiger partial charge in [-0.25, -0.2) is 0 Å². The number of nitrogen functional groups attached to an aromatic ring is 1. The SMILES string of the molecule is CSCC(C)(O)CNC(=O)c1n[nH]c(C(C)C)c1N. The summed E-state index contributed by atoms with van der Waals surface area (Å²) in [6, 6.07) is 0. The van der Waals surface area contributed by atoms with Gasteiger partial charge in [-0.05, 0) is 19.1 Å². The monoisotopic (exact) mass is 286 g/mol. The number of aliphatic hydroxyl groups is 1. The van der Waals surface area contributed by atoms with Crippen molar-refractivity contribution in [2.75, 3.05) is 24.3 Å². The normalized spacial score (nSPS) is 14.4. The Bertz CT molecular complexity index is 443. The van der Waals surface area contributed by atoms with Gasteiger partial charge in [-0.3, -0.25) is 9.89 Å². The Morgan fingerprint density at radius 2 is 2.26 bits per heavy atom. The minimum Gasteiger partial charge on any atom is -0.395 e. The van der Waals surface area contributed by atoms with Gasteiger partial charge in [0.2, 0.25) is 0 Å². The molecule has 1 aromatic rings. The maximum atomic E-state index is 12.0. The molecular formula is C12H22N4O2S. The van der Waals surface area contributed by atoms with Gasteiger partial charge >= 0.3 is 0 Å².